The van der Waals surface area contributed by atoms with Crippen LogP contribution in [0, 0.1) is 0 Å². The number of ether oxygens (including phenoxy) is 1. The van der Waals surface area contributed by atoms with Crippen molar-refractivity contribution in [3.05, 3.63) is 29.9 Å². The van der Waals surface area contributed by atoms with Crippen molar-refractivity contribution in [1.82, 2.24) is 24.7 Å². The Labute approximate surface area is 119 Å². The average molecular weight is 291 g/mol. The predicted molar refractivity (Wildman–Crippen MR) is 69.3 cm³/mol. The summed E-state index contributed by atoms with van der Waals surface area (Å²) in [6.45, 7) is 3.71. The minimum Gasteiger partial charge on any atom is -0.476 e. The van der Waals surface area contributed by atoms with Crippen LogP contribution in [0.3, 0.4) is 0 Å². The van der Waals surface area contributed by atoms with Crippen LogP contribution < -0.4 is 0 Å². The maximum atomic E-state index is 11.3. The van der Waals surface area contributed by atoms with Gasteiger partial charge < -0.3 is 9.84 Å². The lowest BCUT2D eigenvalue weighted by Gasteiger charge is -2.08. The van der Waals surface area contributed by atoms with Gasteiger partial charge >= 0.3 is 11.9 Å². The predicted octanol–water partition coefficient (Wildman–Crippen LogP) is 0.665. The van der Waals surface area contributed by atoms with E-state index in [2.05, 4.69) is 24.8 Å². The van der Waals surface area contributed by atoms with Crippen LogP contribution in [-0.2, 0) is 4.74 Å². The van der Waals surface area contributed by atoms with Gasteiger partial charge in [0, 0.05) is 5.92 Å². The molecule has 1 N–H and O–H groups in total. The first-order valence-electron chi connectivity index (χ1n) is 6.04. The molecule has 0 atom stereocenters. The number of nitrogens with zero attached hydrogens (tertiary/aromatic N) is 5. The molecule has 0 spiro atoms. The molecule has 0 saturated heterocycles. The molecule has 0 fully saturated rings. The second-order valence-corrected chi connectivity index (χ2v) is 4.43. The van der Waals surface area contributed by atoms with E-state index in [1.165, 1.54) is 19.6 Å². The molecule has 9 heteroatoms. The molecule has 9 nitrogen and oxygen atoms in total. The third-order valence-electron chi connectivity index (χ3n) is 2.61. The van der Waals surface area contributed by atoms with E-state index in [1.54, 1.807) is 0 Å². The Hall–Kier alpha value is -2.84. The monoisotopic (exact) mass is 291 g/mol. The van der Waals surface area contributed by atoms with Crippen molar-refractivity contribution in [2.75, 3.05) is 7.11 Å². The quantitative estimate of drug-likeness (QED) is 0.816. The molecule has 0 saturated carbocycles. The average Bonchev–Trinajstić information content (AvgIpc) is 2.95. The van der Waals surface area contributed by atoms with E-state index in [1.807, 2.05) is 13.8 Å². The topological polar surface area (TPSA) is 120 Å². The van der Waals surface area contributed by atoms with Crippen LogP contribution in [0.25, 0.3) is 5.69 Å². The SMILES string of the molecule is COC(=O)c1ncn(-c2cnc(C(C)C)nc2C(=O)O)n1. The third-order valence-corrected chi connectivity index (χ3v) is 2.61. The molecule has 0 unspecified atom stereocenters. The van der Waals surface area contributed by atoms with E-state index >= 15 is 0 Å². The first kappa shape index (κ1) is 14.6. The van der Waals surface area contributed by atoms with Gasteiger partial charge in [0.2, 0.25) is 0 Å². The maximum absolute atomic E-state index is 11.3. The fourth-order valence-corrected chi connectivity index (χ4v) is 1.56. The third kappa shape index (κ3) is 2.86. The molecule has 2 heterocycles. The molecule has 0 amide bonds. The van der Waals surface area contributed by atoms with Crippen molar-refractivity contribution < 1.29 is 19.4 Å². The first-order chi connectivity index (χ1) is 9.93. The fraction of sp³-hybridized carbons (Fsp3) is 0.333. The van der Waals surface area contributed by atoms with Gasteiger partial charge in [0.05, 0.1) is 13.3 Å². The van der Waals surface area contributed by atoms with Crippen LogP contribution in [0.15, 0.2) is 12.5 Å². The van der Waals surface area contributed by atoms with E-state index in [4.69, 9.17) is 0 Å². The van der Waals surface area contributed by atoms with E-state index in [0.29, 0.717) is 5.82 Å². The van der Waals surface area contributed by atoms with Gasteiger partial charge in [0.15, 0.2) is 5.69 Å². The van der Waals surface area contributed by atoms with Crippen molar-refractivity contribution in [1.29, 1.82) is 0 Å². The Morgan fingerprint density at radius 3 is 2.62 bits per heavy atom. The number of aromatic nitrogens is 5. The summed E-state index contributed by atoms with van der Waals surface area (Å²) in [5.74, 6) is -1.72. The van der Waals surface area contributed by atoms with Gasteiger partial charge in [-0.25, -0.2) is 29.2 Å². The summed E-state index contributed by atoms with van der Waals surface area (Å²) in [7, 11) is 1.20. The molecule has 0 bridgehead atoms. The number of hydrogen-bond donors (Lipinski definition) is 1. The smallest absolute Gasteiger partial charge is 0.377 e. The lowest BCUT2D eigenvalue weighted by atomic mass is 10.2. The minimum atomic E-state index is -1.22. The number of rotatable bonds is 4. The molecule has 110 valence electrons. The Kier molecular flexibility index (Phi) is 3.92. The van der Waals surface area contributed by atoms with Crippen LogP contribution in [0.5, 0.6) is 0 Å². The summed E-state index contributed by atoms with van der Waals surface area (Å²) in [5, 5.41) is 13.1. The number of hydrogen-bond acceptors (Lipinski definition) is 7. The van der Waals surface area contributed by atoms with Crippen LogP contribution in [0.4, 0.5) is 0 Å². The lowest BCUT2D eigenvalue weighted by Crippen LogP contribution is -2.13. The Morgan fingerprint density at radius 1 is 1.33 bits per heavy atom. The van der Waals surface area contributed by atoms with Gasteiger partial charge in [0.25, 0.3) is 5.82 Å². The minimum absolute atomic E-state index is 0.0153. The first-order valence-corrected chi connectivity index (χ1v) is 6.04. The molecule has 0 radical (unpaired) electrons. The number of carbonyl (C=O) groups excluding carboxylic acids is 1. The Morgan fingerprint density at radius 2 is 2.05 bits per heavy atom. The van der Waals surface area contributed by atoms with Crippen LogP contribution in [0.2, 0.25) is 0 Å². The summed E-state index contributed by atoms with van der Waals surface area (Å²) in [5.41, 5.74) is -0.0930. The normalized spacial score (nSPS) is 10.7. The fourth-order valence-electron chi connectivity index (χ4n) is 1.56. The highest BCUT2D eigenvalue weighted by Gasteiger charge is 2.19. The highest BCUT2D eigenvalue weighted by atomic mass is 16.5. The van der Waals surface area contributed by atoms with E-state index in [0.717, 1.165) is 4.68 Å². The molecule has 0 aromatic carbocycles. The standard InChI is InChI=1S/C12H13N5O4/c1-6(2)9-13-4-7(8(15-9)11(18)19)17-5-14-10(16-17)12(20)21-3/h4-6H,1-3H3,(H,18,19). The highest BCUT2D eigenvalue weighted by Crippen LogP contribution is 2.15. The summed E-state index contributed by atoms with van der Waals surface area (Å²) in [4.78, 5) is 34.5. The molecule has 0 aliphatic rings. The van der Waals surface area contributed by atoms with Crippen LogP contribution >= 0.6 is 0 Å². The molecule has 21 heavy (non-hydrogen) atoms. The zero-order chi connectivity index (χ0) is 15.6. The van der Waals surface area contributed by atoms with E-state index in [9.17, 15) is 14.7 Å². The molecule has 0 aliphatic carbocycles. The summed E-state index contributed by atoms with van der Waals surface area (Å²) >= 11 is 0. The lowest BCUT2D eigenvalue weighted by molar-refractivity contribution is 0.0586. The van der Waals surface area contributed by atoms with Crippen LogP contribution in [-0.4, -0.2) is 48.9 Å². The van der Waals surface area contributed by atoms with Crippen molar-refractivity contribution >= 4 is 11.9 Å². The van der Waals surface area contributed by atoms with E-state index in [-0.39, 0.29) is 23.1 Å². The summed E-state index contributed by atoms with van der Waals surface area (Å²) in [6, 6.07) is 0. The van der Waals surface area contributed by atoms with Crippen molar-refractivity contribution in [3.63, 3.8) is 0 Å². The van der Waals surface area contributed by atoms with Gasteiger partial charge in [-0.05, 0) is 0 Å². The van der Waals surface area contributed by atoms with Crippen molar-refractivity contribution in [2.24, 2.45) is 0 Å². The molecular weight excluding hydrogens is 278 g/mol. The van der Waals surface area contributed by atoms with Gasteiger partial charge in [0.1, 0.15) is 17.8 Å². The van der Waals surface area contributed by atoms with Gasteiger partial charge in [-0.1, -0.05) is 13.8 Å². The highest BCUT2D eigenvalue weighted by molar-refractivity contribution is 5.89. The van der Waals surface area contributed by atoms with Crippen molar-refractivity contribution in [2.45, 2.75) is 19.8 Å². The Balaban J connectivity index is 2.50. The molecule has 2 aromatic heterocycles. The zero-order valence-electron chi connectivity index (χ0n) is 11.6. The largest absolute Gasteiger partial charge is 0.476 e. The number of carboxylic acids is 1. The zero-order valence-corrected chi connectivity index (χ0v) is 11.6. The van der Waals surface area contributed by atoms with E-state index < -0.39 is 11.9 Å². The maximum Gasteiger partial charge on any atom is 0.377 e. The Bertz CT molecular complexity index is 695. The molecular formula is C12H13N5O4. The second kappa shape index (κ2) is 5.65. The summed E-state index contributed by atoms with van der Waals surface area (Å²) < 4.78 is 5.61. The van der Waals surface area contributed by atoms with Gasteiger partial charge in [-0.15, -0.1) is 5.10 Å². The van der Waals surface area contributed by atoms with Gasteiger partial charge in [-0.3, -0.25) is 0 Å². The van der Waals surface area contributed by atoms with Crippen LogP contribution in [0.1, 0.15) is 46.7 Å². The number of methoxy groups -OCH3 is 1. The number of esters is 1. The second-order valence-electron chi connectivity index (χ2n) is 4.43. The number of carbonyl (C=O) groups is 2. The van der Waals surface area contributed by atoms with Gasteiger partial charge in [-0.2, -0.15) is 0 Å². The molecule has 2 rings (SSSR count). The molecule has 2 aromatic rings. The van der Waals surface area contributed by atoms with Crippen molar-refractivity contribution in [3.8, 4) is 5.69 Å². The number of carboxylic acid groups (broad SMARTS) is 1. The summed E-state index contributed by atoms with van der Waals surface area (Å²) in [6.07, 6.45) is 2.54. The molecule has 0 aliphatic heterocycles. The number of aromatic carboxylic acids is 1.